The number of rotatable bonds is 2. The van der Waals surface area contributed by atoms with Crippen LogP contribution in [0, 0.1) is 0 Å². The van der Waals surface area contributed by atoms with Gasteiger partial charge in [0.25, 0.3) is 15.2 Å². The van der Waals surface area contributed by atoms with Crippen molar-refractivity contribution in [2.45, 2.75) is 18.6 Å². The fourth-order valence-electron chi connectivity index (χ4n) is 1.09. The summed E-state index contributed by atoms with van der Waals surface area (Å²) in [5, 5.41) is 0. The van der Waals surface area contributed by atoms with Crippen LogP contribution in [0.15, 0.2) is 30.3 Å². The fraction of sp³-hybridized carbons (Fsp3) is 0.333. The van der Waals surface area contributed by atoms with E-state index in [0.717, 1.165) is 4.78 Å². The lowest BCUT2D eigenvalue weighted by atomic mass is 10.4. The average molecular weight is 150 g/mol. The summed E-state index contributed by atoms with van der Waals surface area (Å²) in [6.07, 6.45) is 0. The first kappa shape index (κ1) is 7.86. The molecule has 1 rings (SSSR count). The molecule has 0 N–H and O–H groups in total. The quantitative estimate of drug-likeness (QED) is 0.564. The lowest BCUT2D eigenvalue weighted by Gasteiger charge is -1.99. The van der Waals surface area contributed by atoms with Crippen molar-refractivity contribution in [2.75, 3.05) is 0 Å². The van der Waals surface area contributed by atoms with Gasteiger partial charge in [0, 0.05) is 1.43 Å². The van der Waals surface area contributed by atoms with Gasteiger partial charge in [-0.1, -0.05) is 49.0 Å². The first-order chi connectivity index (χ1) is 4.79. The number of hydrogen-bond acceptors (Lipinski definition) is 0. The largest absolute Gasteiger partial charge is 0.285 e. The first-order valence-electron chi connectivity index (χ1n) is 3.83. The van der Waals surface area contributed by atoms with E-state index in [9.17, 15) is 0 Å². The maximum absolute atomic E-state index is 2.30. The molecule has 1 aromatic carbocycles. The highest BCUT2D eigenvalue weighted by Crippen LogP contribution is 1.96. The molecule has 0 bridgehead atoms. The maximum atomic E-state index is 2.30. The van der Waals surface area contributed by atoms with Crippen LogP contribution in [0.4, 0.5) is 0 Å². The molecule has 0 radical (unpaired) electrons. The van der Waals surface area contributed by atoms with Crippen LogP contribution in [0.1, 0.15) is 15.3 Å². The predicted molar refractivity (Wildman–Crippen MR) is 50.4 cm³/mol. The lowest BCUT2D eigenvalue weighted by Crippen LogP contribution is -2.15. The Morgan fingerprint density at radius 3 is 2.30 bits per heavy atom. The van der Waals surface area contributed by atoms with Crippen molar-refractivity contribution >= 4 is 19.6 Å². The van der Waals surface area contributed by atoms with Crippen molar-refractivity contribution in [1.29, 1.82) is 0 Å². The van der Waals surface area contributed by atoms with Crippen LogP contribution in [0.5, 0.6) is 0 Å². The predicted octanol–water partition coefficient (Wildman–Crippen LogP) is 1.82. The van der Waals surface area contributed by atoms with E-state index >= 15 is 0 Å². The molecular weight excluding hydrogens is 135 g/mol. The van der Waals surface area contributed by atoms with E-state index in [4.69, 9.17) is 0 Å². The number of hydrogen-bond donors (Lipinski definition) is 0. The molecule has 0 atom stereocenters. The Morgan fingerprint density at radius 1 is 1.20 bits per heavy atom. The van der Waals surface area contributed by atoms with Crippen LogP contribution in [0.3, 0.4) is 0 Å². The smallest absolute Gasteiger partial charge is 0.115 e. The van der Waals surface area contributed by atoms with Gasteiger partial charge in [-0.2, -0.15) is 0 Å². The zero-order valence-electron chi connectivity index (χ0n) is 6.67. The molecule has 0 spiro atoms. The van der Waals surface area contributed by atoms with Crippen LogP contribution >= 0.6 is 0 Å². The summed E-state index contributed by atoms with van der Waals surface area (Å²) in [6.45, 7) is 4.61. The molecule has 0 aliphatic rings. The molecule has 0 heterocycles. The molecule has 0 unspecified atom stereocenters. The summed E-state index contributed by atoms with van der Waals surface area (Å²) in [7, 11) is 0. The van der Waals surface area contributed by atoms with Crippen molar-refractivity contribution in [3.63, 3.8) is 0 Å². The SMILES string of the molecule is C[CH](C)[AlH][c]1ccccc1.[HH]. The topological polar surface area (TPSA) is 0 Å². The standard InChI is InChI=1S/C6H5.C3H7.Al.H2.H/c1-2-4-6-5-3-1;1-3-2;;;/h1-5H;3H,1-2H3;;1H;. The first-order valence-corrected chi connectivity index (χ1v) is 5.35. The summed E-state index contributed by atoms with van der Waals surface area (Å²) < 4.78 is 2.49. The van der Waals surface area contributed by atoms with Gasteiger partial charge in [0.15, 0.2) is 0 Å². The molecule has 0 amide bonds. The van der Waals surface area contributed by atoms with Crippen LogP contribution in [-0.4, -0.2) is 15.2 Å². The minimum absolute atomic E-state index is 0. The van der Waals surface area contributed by atoms with Crippen molar-refractivity contribution in [2.24, 2.45) is 0 Å². The van der Waals surface area contributed by atoms with E-state index < -0.39 is 0 Å². The second kappa shape index (κ2) is 3.81. The van der Waals surface area contributed by atoms with Crippen LogP contribution < -0.4 is 4.43 Å². The third kappa shape index (κ3) is 2.56. The summed E-state index contributed by atoms with van der Waals surface area (Å²) in [6, 6.07) is 10.8. The molecule has 0 aromatic heterocycles. The van der Waals surface area contributed by atoms with E-state index in [1.54, 1.807) is 4.43 Å². The monoisotopic (exact) mass is 150 g/mol. The van der Waals surface area contributed by atoms with Gasteiger partial charge in [0.2, 0.25) is 0 Å². The fourth-order valence-corrected chi connectivity index (χ4v) is 2.57. The average Bonchev–Trinajstić information content (AvgIpc) is 1.88. The van der Waals surface area contributed by atoms with Gasteiger partial charge >= 0.3 is 0 Å². The molecular formula is C9H15Al. The Bertz CT molecular complexity index is 184. The molecule has 54 valence electrons. The highest BCUT2D eigenvalue weighted by molar-refractivity contribution is 6.54. The van der Waals surface area contributed by atoms with Gasteiger partial charge in [-0.15, -0.1) is 4.43 Å². The molecule has 0 aliphatic carbocycles. The van der Waals surface area contributed by atoms with Gasteiger partial charge in [-0.3, -0.25) is 0 Å². The summed E-state index contributed by atoms with van der Waals surface area (Å²) in [4.78, 5) is 0. The summed E-state index contributed by atoms with van der Waals surface area (Å²) in [5.74, 6) is 0. The van der Waals surface area contributed by atoms with Gasteiger partial charge < -0.3 is 0 Å². The minimum Gasteiger partial charge on any atom is -0.115 e. The van der Waals surface area contributed by atoms with Crippen molar-refractivity contribution in [3.8, 4) is 0 Å². The third-order valence-electron chi connectivity index (χ3n) is 1.49. The Hall–Kier alpha value is -0.248. The Morgan fingerprint density at radius 2 is 1.80 bits per heavy atom. The normalized spacial score (nSPS) is 9.90. The van der Waals surface area contributed by atoms with Crippen LogP contribution in [-0.2, 0) is 0 Å². The Kier molecular flexibility index (Phi) is 2.99. The van der Waals surface area contributed by atoms with Crippen molar-refractivity contribution < 1.29 is 1.43 Å². The molecule has 0 nitrogen and oxygen atoms in total. The summed E-state index contributed by atoms with van der Waals surface area (Å²) >= 11 is 0.0234. The van der Waals surface area contributed by atoms with Crippen molar-refractivity contribution in [1.82, 2.24) is 0 Å². The van der Waals surface area contributed by atoms with E-state index in [2.05, 4.69) is 44.2 Å². The van der Waals surface area contributed by atoms with Crippen molar-refractivity contribution in [3.05, 3.63) is 30.3 Å². The Balaban J connectivity index is 0.000001000. The van der Waals surface area contributed by atoms with Crippen LogP contribution in [0.25, 0.3) is 0 Å². The minimum atomic E-state index is 0. The van der Waals surface area contributed by atoms with E-state index in [-0.39, 0.29) is 16.6 Å². The lowest BCUT2D eigenvalue weighted by molar-refractivity contribution is 1.07. The second-order valence-electron chi connectivity index (χ2n) is 3.08. The molecule has 0 aliphatic heterocycles. The van der Waals surface area contributed by atoms with Gasteiger partial charge in [0.05, 0.1) is 0 Å². The highest BCUT2D eigenvalue weighted by atomic mass is 27.1. The van der Waals surface area contributed by atoms with Gasteiger partial charge in [0.1, 0.15) is 0 Å². The molecule has 0 saturated heterocycles. The zero-order valence-corrected chi connectivity index (χ0v) is 8.09. The highest BCUT2D eigenvalue weighted by Gasteiger charge is 1.99. The van der Waals surface area contributed by atoms with E-state index in [0.29, 0.717) is 0 Å². The maximum Gasteiger partial charge on any atom is 0.285 e. The zero-order chi connectivity index (χ0) is 7.40. The van der Waals surface area contributed by atoms with Gasteiger partial charge in [-0.25, -0.2) is 0 Å². The third-order valence-corrected chi connectivity index (χ3v) is 3.25. The summed E-state index contributed by atoms with van der Waals surface area (Å²) in [5.41, 5.74) is 0. The molecule has 0 fully saturated rings. The molecule has 1 heteroatoms. The molecule has 1 aromatic rings. The van der Waals surface area contributed by atoms with Gasteiger partial charge in [-0.05, 0) is 0 Å². The molecule has 10 heavy (non-hydrogen) atoms. The van der Waals surface area contributed by atoms with Crippen LogP contribution in [0.2, 0.25) is 4.78 Å². The van der Waals surface area contributed by atoms with E-state index in [1.807, 2.05) is 0 Å². The number of benzene rings is 1. The Labute approximate surface area is 70.5 Å². The second-order valence-corrected chi connectivity index (χ2v) is 5.94. The van der Waals surface area contributed by atoms with E-state index in [1.165, 1.54) is 0 Å². The molecule has 0 saturated carbocycles.